The van der Waals surface area contributed by atoms with Gasteiger partial charge in [0, 0.05) is 0 Å². The van der Waals surface area contributed by atoms with Crippen molar-refractivity contribution in [2.45, 2.75) is 0 Å². The summed E-state index contributed by atoms with van der Waals surface area (Å²) in [5, 5.41) is 5.50. The summed E-state index contributed by atoms with van der Waals surface area (Å²) in [4.78, 5) is 0. The van der Waals surface area contributed by atoms with Crippen molar-refractivity contribution < 1.29 is 16.5 Å². The van der Waals surface area contributed by atoms with Gasteiger partial charge in [-0.3, -0.25) is 0 Å². The second-order valence-corrected chi connectivity index (χ2v) is 4.33. The van der Waals surface area contributed by atoms with E-state index < -0.39 is 16.5 Å². The van der Waals surface area contributed by atoms with Crippen molar-refractivity contribution in [2.75, 3.05) is 28.2 Å². The Kier molecular flexibility index (Phi) is 65.0. The number of hydrogen-bond acceptors (Lipinski definition) is 2. The molecule has 0 aliphatic carbocycles. The van der Waals surface area contributed by atoms with Crippen LogP contribution in [0.3, 0.4) is 0 Å². The second kappa shape index (κ2) is 35.1. The molecular weight excluding hydrogens is 342 g/mol. The van der Waals surface area contributed by atoms with E-state index in [1.54, 1.807) is 0 Å². The summed E-state index contributed by atoms with van der Waals surface area (Å²) in [7, 11) is 17.2. The number of halogens is 2. The van der Waals surface area contributed by atoms with Gasteiger partial charge in [0.25, 0.3) is 0 Å². The van der Waals surface area contributed by atoms with Crippen molar-refractivity contribution in [1.82, 2.24) is 10.6 Å². The van der Waals surface area contributed by atoms with Crippen molar-refractivity contribution >= 4 is 18.8 Å². The third-order valence-electron chi connectivity index (χ3n) is 0. The first kappa shape index (κ1) is 16.6. The van der Waals surface area contributed by atoms with Crippen LogP contribution in [0.2, 0.25) is 0 Å². The Bertz CT molecular complexity index is 21.3. The Morgan fingerprint density at radius 2 is 0.889 bits per heavy atom. The van der Waals surface area contributed by atoms with Gasteiger partial charge in [0.2, 0.25) is 0 Å². The topological polar surface area (TPSA) is 24.1 Å². The Morgan fingerprint density at radius 1 is 0.889 bits per heavy atom. The van der Waals surface area contributed by atoms with Crippen LogP contribution in [0.4, 0.5) is 0 Å². The van der Waals surface area contributed by atoms with Gasteiger partial charge in [-0.15, -0.1) is 0 Å². The summed E-state index contributed by atoms with van der Waals surface area (Å²) < 4.78 is 0. The molecule has 64 valence electrons. The minimum absolute atomic E-state index is 0.472. The van der Waals surface area contributed by atoms with E-state index >= 15 is 0 Å². The molecule has 0 aromatic heterocycles. The average molecular weight is 356 g/mol. The van der Waals surface area contributed by atoms with Crippen molar-refractivity contribution in [1.29, 1.82) is 0 Å². The normalized spacial score (nSPS) is 6.44. The molecule has 0 fully saturated rings. The number of rotatable bonds is 0. The number of hydrogen-bond donors (Lipinski definition) is 2. The maximum atomic E-state index is 4.88. The summed E-state index contributed by atoms with van der Waals surface area (Å²) in [6, 6.07) is 0. The molecule has 0 amide bonds. The van der Waals surface area contributed by atoms with Crippen LogP contribution in [0.5, 0.6) is 0 Å². The SMILES string of the molecule is CNC.CNC.[Cl][Pt][Cl]. The molecule has 0 bridgehead atoms. The number of nitrogens with one attached hydrogen (secondary N) is 2. The summed E-state index contributed by atoms with van der Waals surface area (Å²) >= 11 is -0.472. The Hall–Kier alpha value is 1.19. The quantitative estimate of drug-likeness (QED) is 0.678. The zero-order valence-corrected chi connectivity index (χ0v) is 9.86. The third-order valence-corrected chi connectivity index (χ3v) is 0. The van der Waals surface area contributed by atoms with E-state index in [1.165, 1.54) is 0 Å². The molecular formula is C4H14Cl2N2Pt. The maximum absolute atomic E-state index is 4.88. The molecule has 0 aromatic rings. The van der Waals surface area contributed by atoms with Gasteiger partial charge in [0.05, 0.1) is 0 Å². The summed E-state index contributed by atoms with van der Waals surface area (Å²) in [6.07, 6.45) is 0. The van der Waals surface area contributed by atoms with Crippen LogP contribution < -0.4 is 10.6 Å². The molecule has 0 unspecified atom stereocenters. The van der Waals surface area contributed by atoms with Crippen LogP contribution in [-0.4, -0.2) is 28.2 Å². The zero-order chi connectivity index (χ0) is 8.12. The van der Waals surface area contributed by atoms with E-state index in [2.05, 4.69) is 10.6 Å². The molecule has 0 spiro atoms. The molecule has 0 saturated heterocycles. The van der Waals surface area contributed by atoms with Gasteiger partial charge in [0.15, 0.2) is 0 Å². The average Bonchev–Trinajstić information content (AvgIpc) is 1.70. The monoisotopic (exact) mass is 355 g/mol. The van der Waals surface area contributed by atoms with Crippen LogP contribution in [0.1, 0.15) is 0 Å². The van der Waals surface area contributed by atoms with E-state index in [4.69, 9.17) is 18.8 Å². The first-order valence-corrected chi connectivity index (χ1v) is 7.87. The fourth-order valence-corrected chi connectivity index (χ4v) is 0. The molecule has 5 heteroatoms. The van der Waals surface area contributed by atoms with Crippen molar-refractivity contribution in [3.05, 3.63) is 0 Å². The Morgan fingerprint density at radius 3 is 0.889 bits per heavy atom. The summed E-state index contributed by atoms with van der Waals surface area (Å²) in [5.74, 6) is 0. The molecule has 0 aliphatic heterocycles. The fraction of sp³-hybridized carbons (Fsp3) is 1.00. The van der Waals surface area contributed by atoms with Crippen molar-refractivity contribution in [3.8, 4) is 0 Å². The van der Waals surface area contributed by atoms with Crippen molar-refractivity contribution in [3.63, 3.8) is 0 Å². The second-order valence-electron chi connectivity index (χ2n) is 1.05. The van der Waals surface area contributed by atoms with E-state index in [-0.39, 0.29) is 0 Å². The molecule has 0 atom stereocenters. The van der Waals surface area contributed by atoms with Gasteiger partial charge in [-0.2, -0.15) is 0 Å². The molecule has 0 rings (SSSR count). The Labute approximate surface area is 74.1 Å². The molecule has 0 aromatic carbocycles. The van der Waals surface area contributed by atoms with Crippen LogP contribution in [-0.2, 0) is 16.5 Å². The molecule has 0 heterocycles. The molecule has 2 N–H and O–H groups in total. The zero-order valence-electron chi connectivity index (χ0n) is 6.07. The molecule has 2 nitrogen and oxygen atoms in total. The Balaban J connectivity index is -0.0000000600. The van der Waals surface area contributed by atoms with E-state index in [0.717, 1.165) is 0 Å². The first-order chi connectivity index (χ1) is 4.24. The first-order valence-electron chi connectivity index (χ1n) is 2.24. The van der Waals surface area contributed by atoms with Gasteiger partial charge in [-0.05, 0) is 28.2 Å². The van der Waals surface area contributed by atoms with Gasteiger partial charge < -0.3 is 10.6 Å². The van der Waals surface area contributed by atoms with Crippen molar-refractivity contribution in [2.24, 2.45) is 0 Å². The predicted molar refractivity (Wildman–Crippen MR) is 41.7 cm³/mol. The fourth-order valence-electron chi connectivity index (χ4n) is 0. The predicted octanol–water partition coefficient (Wildman–Crippen LogP) is 1.05. The summed E-state index contributed by atoms with van der Waals surface area (Å²) in [5.41, 5.74) is 0. The molecule has 0 radical (unpaired) electrons. The van der Waals surface area contributed by atoms with Crippen LogP contribution in [0.25, 0.3) is 0 Å². The van der Waals surface area contributed by atoms with Gasteiger partial charge in [0.1, 0.15) is 0 Å². The van der Waals surface area contributed by atoms with Gasteiger partial charge in [-0.1, -0.05) is 0 Å². The molecule has 0 aliphatic rings. The van der Waals surface area contributed by atoms with Crippen LogP contribution >= 0.6 is 18.8 Å². The minimum atomic E-state index is -0.472. The van der Waals surface area contributed by atoms with E-state index in [9.17, 15) is 0 Å². The molecule has 0 saturated carbocycles. The van der Waals surface area contributed by atoms with E-state index in [1.807, 2.05) is 28.2 Å². The summed E-state index contributed by atoms with van der Waals surface area (Å²) in [6.45, 7) is 0. The standard InChI is InChI=1S/2C2H7N.2ClH.Pt/c2*1-3-2;;;/h2*3H,1-2H3;2*1H;/q;;;;+2/p-2. The van der Waals surface area contributed by atoms with Gasteiger partial charge in [-0.25, -0.2) is 0 Å². The molecule has 9 heavy (non-hydrogen) atoms. The van der Waals surface area contributed by atoms with Crippen LogP contribution in [0, 0.1) is 0 Å². The van der Waals surface area contributed by atoms with Crippen LogP contribution in [0.15, 0.2) is 0 Å². The van der Waals surface area contributed by atoms with E-state index in [0.29, 0.717) is 0 Å². The third kappa shape index (κ3) is 336. The van der Waals surface area contributed by atoms with Gasteiger partial charge >= 0.3 is 35.3 Å².